The molecule has 1 amide bonds. The van der Waals surface area contributed by atoms with Crippen LogP contribution in [-0.4, -0.2) is 74.3 Å². The van der Waals surface area contributed by atoms with Gasteiger partial charge in [0.25, 0.3) is 0 Å². The Balaban J connectivity index is 5.15. The van der Waals surface area contributed by atoms with E-state index in [4.69, 9.17) is 13.8 Å². The summed E-state index contributed by atoms with van der Waals surface area (Å²) in [6, 6.07) is -0.848. The van der Waals surface area contributed by atoms with Crippen molar-refractivity contribution in [3.05, 3.63) is 48.6 Å². The van der Waals surface area contributed by atoms with E-state index in [1.807, 2.05) is 33.3 Å². The third kappa shape index (κ3) is 56.7. The van der Waals surface area contributed by atoms with E-state index in [0.29, 0.717) is 23.9 Å². The minimum Gasteiger partial charge on any atom is -0.456 e. The number of amides is 1. The fourth-order valence-corrected chi connectivity index (χ4v) is 10.2. The standard InChI is InChI=1S/C66H125N2O7P/c1-7-10-13-16-19-22-25-28-30-31-32-33-34-35-36-37-39-40-43-46-49-52-55-58-65(69)67-63(62-74-76(71,72)73-61-60-68(4,5)6)64(57-54-51-48-45-42-27-24-21-18-15-12-9-3)75-66(70)59-56-53-50-47-44-41-38-29-26-23-20-17-14-11-8-2/h19,22,28,30,32-33,54,57,63-64H,7-18,20-21,23-27,29,31,34-53,55-56,58-62H2,1-6H3,(H-,67,69,71,72)/p+1/b22-19-,30-28-,33-32-,57-54-. The molecule has 446 valence electrons. The molecule has 3 unspecified atom stereocenters. The monoisotopic (exact) mass is 1090 g/mol. The van der Waals surface area contributed by atoms with Crippen LogP contribution in [0.2, 0.25) is 0 Å². The van der Waals surface area contributed by atoms with Crippen molar-refractivity contribution < 1.29 is 37.3 Å². The molecule has 0 saturated heterocycles. The van der Waals surface area contributed by atoms with E-state index in [-0.39, 0.29) is 25.1 Å². The van der Waals surface area contributed by atoms with E-state index in [9.17, 15) is 19.0 Å². The fourth-order valence-electron chi connectivity index (χ4n) is 9.48. The second-order valence-corrected chi connectivity index (χ2v) is 24.7. The van der Waals surface area contributed by atoms with Crippen LogP contribution in [0.3, 0.4) is 0 Å². The van der Waals surface area contributed by atoms with E-state index in [2.05, 4.69) is 62.5 Å². The van der Waals surface area contributed by atoms with Gasteiger partial charge in [-0.3, -0.25) is 18.6 Å². The van der Waals surface area contributed by atoms with Crippen LogP contribution in [0.25, 0.3) is 0 Å². The second-order valence-electron chi connectivity index (χ2n) is 23.3. The number of rotatable bonds is 59. The lowest BCUT2D eigenvalue weighted by Crippen LogP contribution is -2.47. The lowest BCUT2D eigenvalue weighted by atomic mass is 10.0. The van der Waals surface area contributed by atoms with Crippen LogP contribution in [0.4, 0.5) is 0 Å². The van der Waals surface area contributed by atoms with Gasteiger partial charge < -0.3 is 19.4 Å². The van der Waals surface area contributed by atoms with Crippen molar-refractivity contribution in [3.63, 3.8) is 0 Å². The van der Waals surface area contributed by atoms with Crippen molar-refractivity contribution in [1.82, 2.24) is 5.32 Å². The fraction of sp³-hybridized carbons (Fsp3) is 0.848. The van der Waals surface area contributed by atoms with Crippen molar-refractivity contribution in [2.45, 2.75) is 322 Å². The molecule has 0 aliphatic heterocycles. The number of phosphoric ester groups is 1. The van der Waals surface area contributed by atoms with E-state index in [1.165, 1.54) is 205 Å². The van der Waals surface area contributed by atoms with Gasteiger partial charge in [-0.05, 0) is 70.3 Å². The molecule has 76 heavy (non-hydrogen) atoms. The molecular weight excluding hydrogens is 964 g/mol. The normalized spacial score (nSPS) is 13.9. The predicted molar refractivity (Wildman–Crippen MR) is 328 cm³/mol. The number of esters is 1. The summed E-state index contributed by atoms with van der Waals surface area (Å²) < 4.78 is 30.7. The van der Waals surface area contributed by atoms with Crippen LogP contribution in [0.5, 0.6) is 0 Å². The van der Waals surface area contributed by atoms with Gasteiger partial charge in [-0.2, -0.15) is 0 Å². The summed E-state index contributed by atoms with van der Waals surface area (Å²) in [5, 5.41) is 3.06. The molecule has 9 nitrogen and oxygen atoms in total. The van der Waals surface area contributed by atoms with Gasteiger partial charge in [-0.1, -0.05) is 275 Å². The Morgan fingerprint density at radius 2 is 0.803 bits per heavy atom. The van der Waals surface area contributed by atoms with Crippen LogP contribution >= 0.6 is 7.82 Å². The number of ether oxygens (including phenoxy) is 1. The number of phosphoric acid groups is 1. The molecule has 0 aromatic carbocycles. The molecule has 0 heterocycles. The Hall–Kier alpha value is -2.03. The molecule has 2 N–H and O–H groups in total. The molecule has 10 heteroatoms. The highest BCUT2D eigenvalue weighted by atomic mass is 31.2. The topological polar surface area (TPSA) is 111 Å². The highest BCUT2D eigenvalue weighted by Gasteiger charge is 2.30. The first-order valence-electron chi connectivity index (χ1n) is 32.5. The minimum absolute atomic E-state index is 0.0407. The smallest absolute Gasteiger partial charge is 0.456 e. The quantitative estimate of drug-likeness (QED) is 0.0205. The number of unbranched alkanes of at least 4 members (excludes halogenated alkanes) is 37. The van der Waals surface area contributed by atoms with Crippen LogP contribution in [-0.2, 0) is 27.9 Å². The number of hydrogen-bond donors (Lipinski definition) is 2. The first-order chi connectivity index (χ1) is 36.9. The third-order valence-electron chi connectivity index (χ3n) is 14.5. The van der Waals surface area contributed by atoms with Crippen molar-refractivity contribution >= 4 is 19.7 Å². The van der Waals surface area contributed by atoms with Gasteiger partial charge in [0.15, 0.2) is 0 Å². The van der Waals surface area contributed by atoms with Crippen molar-refractivity contribution in [2.24, 2.45) is 0 Å². The molecule has 0 saturated carbocycles. The number of likely N-dealkylation sites (N-methyl/N-ethyl adjacent to an activating group) is 1. The Morgan fingerprint density at radius 3 is 1.22 bits per heavy atom. The van der Waals surface area contributed by atoms with E-state index in [0.717, 1.165) is 70.6 Å². The Morgan fingerprint density at radius 1 is 0.461 bits per heavy atom. The molecular formula is C66H126N2O7P+. The zero-order valence-corrected chi connectivity index (χ0v) is 51.9. The van der Waals surface area contributed by atoms with Crippen LogP contribution in [0, 0.1) is 0 Å². The summed E-state index contributed by atoms with van der Waals surface area (Å²) in [7, 11) is 1.50. The maximum atomic E-state index is 13.6. The molecule has 0 radical (unpaired) electrons. The highest BCUT2D eigenvalue weighted by molar-refractivity contribution is 7.47. The average molecular weight is 1090 g/mol. The molecule has 0 fully saturated rings. The average Bonchev–Trinajstić information content (AvgIpc) is 3.38. The first kappa shape index (κ1) is 74.0. The van der Waals surface area contributed by atoms with E-state index in [1.54, 1.807) is 0 Å². The highest BCUT2D eigenvalue weighted by Crippen LogP contribution is 2.43. The van der Waals surface area contributed by atoms with E-state index >= 15 is 0 Å². The number of allylic oxidation sites excluding steroid dienone is 7. The summed E-state index contributed by atoms with van der Waals surface area (Å²) >= 11 is 0. The number of nitrogens with one attached hydrogen (secondary N) is 1. The summed E-state index contributed by atoms with van der Waals surface area (Å²) in [6.45, 7) is 7.01. The SMILES string of the molecule is CCCCC/C=C\C/C=C\C/C=C\CCCCCCCCCCCCC(=O)NC(COP(=O)(O)OCC[N+](C)(C)C)C(/C=C\CCCCCCCCCCCC)OC(=O)CCCCCCCCCCCCCCCCC. The van der Waals surface area contributed by atoms with E-state index < -0.39 is 20.0 Å². The lowest BCUT2D eigenvalue weighted by molar-refractivity contribution is -0.870. The predicted octanol–water partition coefficient (Wildman–Crippen LogP) is 20.1. The van der Waals surface area contributed by atoms with Crippen LogP contribution in [0.15, 0.2) is 48.6 Å². The summed E-state index contributed by atoms with van der Waals surface area (Å²) in [4.78, 5) is 37.7. The summed E-state index contributed by atoms with van der Waals surface area (Å²) in [5.74, 6) is -0.497. The third-order valence-corrected chi connectivity index (χ3v) is 15.5. The molecule has 0 aliphatic rings. The van der Waals surface area contributed by atoms with Gasteiger partial charge in [-0.15, -0.1) is 0 Å². The molecule has 0 bridgehead atoms. The summed E-state index contributed by atoms with van der Waals surface area (Å²) in [6.07, 6.45) is 69.6. The number of carbonyl (C=O) groups excluding carboxylic acids is 2. The van der Waals surface area contributed by atoms with Gasteiger partial charge >= 0.3 is 13.8 Å². The Kier molecular flexibility index (Phi) is 54.7. The first-order valence-corrected chi connectivity index (χ1v) is 34.0. The summed E-state index contributed by atoms with van der Waals surface area (Å²) in [5.41, 5.74) is 0. The van der Waals surface area contributed by atoms with Crippen molar-refractivity contribution in [1.29, 1.82) is 0 Å². The maximum absolute atomic E-state index is 13.6. The lowest BCUT2D eigenvalue weighted by Gasteiger charge is -2.27. The largest absolute Gasteiger partial charge is 0.472 e. The molecule has 0 aromatic heterocycles. The molecule has 3 atom stereocenters. The number of carbonyl (C=O) groups is 2. The van der Waals surface area contributed by atoms with Gasteiger partial charge in [0.1, 0.15) is 19.3 Å². The van der Waals surface area contributed by atoms with Gasteiger partial charge in [0.2, 0.25) is 5.91 Å². The number of nitrogens with zero attached hydrogens (tertiary/aromatic N) is 1. The maximum Gasteiger partial charge on any atom is 0.472 e. The zero-order chi connectivity index (χ0) is 55.7. The Bertz CT molecular complexity index is 1440. The van der Waals surface area contributed by atoms with Crippen molar-refractivity contribution in [3.8, 4) is 0 Å². The number of hydrogen-bond acceptors (Lipinski definition) is 6. The van der Waals surface area contributed by atoms with Gasteiger partial charge in [0, 0.05) is 12.8 Å². The van der Waals surface area contributed by atoms with Gasteiger partial charge in [0.05, 0.1) is 33.8 Å². The zero-order valence-electron chi connectivity index (χ0n) is 51.0. The van der Waals surface area contributed by atoms with Crippen LogP contribution in [0.1, 0.15) is 310 Å². The molecule has 0 aliphatic carbocycles. The second kappa shape index (κ2) is 56.3. The molecule has 0 aromatic rings. The minimum atomic E-state index is -4.45. The molecule has 0 spiro atoms. The van der Waals surface area contributed by atoms with Gasteiger partial charge in [-0.25, -0.2) is 4.57 Å². The number of quaternary nitrogens is 1. The van der Waals surface area contributed by atoms with Crippen LogP contribution < -0.4 is 5.32 Å². The Labute approximate surface area is 471 Å². The molecule has 0 rings (SSSR count). The van der Waals surface area contributed by atoms with Crippen molar-refractivity contribution in [2.75, 3.05) is 40.9 Å².